The number of esters is 1. The Labute approximate surface area is 202 Å². The quantitative estimate of drug-likeness (QED) is 0.157. The summed E-state index contributed by atoms with van der Waals surface area (Å²) in [5.41, 5.74) is -0.0854. The number of nitro groups is 1. The molecule has 4 rings (SSSR count). The second kappa shape index (κ2) is 9.35. The van der Waals surface area contributed by atoms with Gasteiger partial charge in [-0.1, -0.05) is 11.6 Å². The summed E-state index contributed by atoms with van der Waals surface area (Å²) in [4.78, 5) is 61.7. The molecule has 10 nitrogen and oxygen atoms in total. The van der Waals surface area contributed by atoms with Crippen molar-refractivity contribution < 1.29 is 33.6 Å². The largest absolute Gasteiger partial charge is 0.497 e. The van der Waals surface area contributed by atoms with Crippen LogP contribution in [-0.4, -0.2) is 42.2 Å². The van der Waals surface area contributed by atoms with Crippen molar-refractivity contribution in [1.82, 2.24) is 0 Å². The van der Waals surface area contributed by atoms with Gasteiger partial charge < -0.3 is 9.47 Å². The number of ether oxygens (including phenoxy) is 2. The molecule has 0 unspecified atom stereocenters. The average molecular weight is 495 g/mol. The number of hydrogen-bond acceptors (Lipinski definition) is 8. The third-order valence-corrected chi connectivity index (χ3v) is 5.57. The highest BCUT2D eigenvalue weighted by Gasteiger charge is 2.37. The molecule has 3 aromatic carbocycles. The van der Waals surface area contributed by atoms with Crippen LogP contribution in [0.5, 0.6) is 5.75 Å². The van der Waals surface area contributed by atoms with Crippen LogP contribution in [0.3, 0.4) is 0 Å². The molecule has 0 aliphatic carbocycles. The highest BCUT2D eigenvalue weighted by molar-refractivity contribution is 6.34. The third-order valence-electron chi connectivity index (χ3n) is 5.25. The fourth-order valence-electron chi connectivity index (χ4n) is 3.46. The van der Waals surface area contributed by atoms with Crippen molar-refractivity contribution in [3.8, 4) is 5.75 Å². The van der Waals surface area contributed by atoms with Gasteiger partial charge in [0, 0.05) is 11.6 Å². The lowest BCUT2D eigenvalue weighted by Gasteiger charge is -2.14. The first-order valence-electron chi connectivity index (χ1n) is 10.0. The van der Waals surface area contributed by atoms with Gasteiger partial charge in [0.25, 0.3) is 17.5 Å². The Bertz CT molecular complexity index is 1400. The summed E-state index contributed by atoms with van der Waals surface area (Å²) in [6.45, 7) is -0.695. The van der Waals surface area contributed by atoms with Gasteiger partial charge in [0.2, 0.25) is 5.78 Å². The van der Waals surface area contributed by atoms with Gasteiger partial charge in [-0.25, -0.2) is 9.69 Å². The molecule has 1 aliphatic heterocycles. The van der Waals surface area contributed by atoms with Crippen molar-refractivity contribution in [2.24, 2.45) is 0 Å². The maximum atomic E-state index is 12.9. The van der Waals surface area contributed by atoms with Gasteiger partial charge in [0.1, 0.15) is 10.8 Å². The van der Waals surface area contributed by atoms with E-state index < -0.39 is 40.8 Å². The number of hydrogen-bond donors (Lipinski definition) is 0. The van der Waals surface area contributed by atoms with Crippen molar-refractivity contribution in [1.29, 1.82) is 0 Å². The minimum atomic E-state index is -0.909. The molecule has 1 heterocycles. The van der Waals surface area contributed by atoms with E-state index in [2.05, 4.69) is 0 Å². The molecule has 1 aliphatic rings. The maximum absolute atomic E-state index is 12.9. The smallest absolute Gasteiger partial charge is 0.338 e. The number of imide groups is 1. The molecule has 0 aromatic heterocycles. The number of nitrogens with zero attached hydrogens (tertiary/aromatic N) is 2. The summed E-state index contributed by atoms with van der Waals surface area (Å²) >= 11 is 5.74. The Morgan fingerprint density at radius 3 is 2.26 bits per heavy atom. The third kappa shape index (κ3) is 4.46. The molecular formula is C24H15ClN2O8. The fourth-order valence-corrected chi connectivity index (χ4v) is 3.64. The molecule has 3 aromatic rings. The lowest BCUT2D eigenvalue weighted by Crippen LogP contribution is -2.29. The van der Waals surface area contributed by atoms with Gasteiger partial charge >= 0.3 is 5.97 Å². The van der Waals surface area contributed by atoms with Crippen LogP contribution in [0.15, 0.2) is 60.7 Å². The Morgan fingerprint density at radius 2 is 1.60 bits per heavy atom. The van der Waals surface area contributed by atoms with E-state index in [4.69, 9.17) is 21.1 Å². The number of carbonyl (C=O) groups excluding carboxylic acids is 4. The minimum Gasteiger partial charge on any atom is -0.497 e. The van der Waals surface area contributed by atoms with Crippen molar-refractivity contribution in [3.63, 3.8) is 0 Å². The van der Waals surface area contributed by atoms with E-state index in [9.17, 15) is 29.3 Å². The summed E-state index contributed by atoms with van der Waals surface area (Å²) < 4.78 is 10.1. The van der Waals surface area contributed by atoms with Crippen LogP contribution < -0.4 is 9.64 Å². The topological polar surface area (TPSA) is 133 Å². The lowest BCUT2D eigenvalue weighted by molar-refractivity contribution is -0.384. The second-order valence-corrected chi connectivity index (χ2v) is 7.73. The summed E-state index contributed by atoms with van der Waals surface area (Å²) in [7, 11) is 1.49. The first kappa shape index (κ1) is 23.6. The van der Waals surface area contributed by atoms with Gasteiger partial charge in [0.15, 0.2) is 6.61 Å². The number of ketones is 1. The summed E-state index contributed by atoms with van der Waals surface area (Å²) in [6.07, 6.45) is 0. The van der Waals surface area contributed by atoms with Crippen molar-refractivity contribution in [3.05, 3.63) is 98.1 Å². The predicted molar refractivity (Wildman–Crippen MR) is 123 cm³/mol. The molecule has 0 atom stereocenters. The molecule has 0 saturated carbocycles. The predicted octanol–water partition coefficient (Wildman–Crippen LogP) is 4.10. The van der Waals surface area contributed by atoms with E-state index in [1.54, 1.807) is 24.3 Å². The Morgan fingerprint density at radius 1 is 0.943 bits per heavy atom. The number of anilines is 1. The molecule has 0 spiro atoms. The zero-order valence-electron chi connectivity index (χ0n) is 18.0. The van der Waals surface area contributed by atoms with Gasteiger partial charge in [-0.2, -0.15) is 0 Å². The van der Waals surface area contributed by atoms with Crippen LogP contribution in [0.1, 0.15) is 41.4 Å². The highest BCUT2D eigenvalue weighted by Crippen LogP contribution is 2.30. The minimum absolute atomic E-state index is 0.0138. The molecule has 35 heavy (non-hydrogen) atoms. The summed E-state index contributed by atoms with van der Waals surface area (Å²) in [6, 6.07) is 13.7. The van der Waals surface area contributed by atoms with E-state index in [1.807, 2.05) is 0 Å². The number of nitro benzene ring substituents is 1. The van der Waals surface area contributed by atoms with Gasteiger partial charge in [-0.15, -0.1) is 0 Å². The number of carbonyl (C=O) groups is 4. The normalized spacial score (nSPS) is 12.3. The van der Waals surface area contributed by atoms with Crippen LogP contribution in [0.2, 0.25) is 5.02 Å². The van der Waals surface area contributed by atoms with Crippen molar-refractivity contribution in [2.75, 3.05) is 18.6 Å². The monoisotopic (exact) mass is 494 g/mol. The van der Waals surface area contributed by atoms with Crippen LogP contribution >= 0.6 is 11.6 Å². The number of amides is 2. The molecule has 0 bridgehead atoms. The zero-order chi connectivity index (χ0) is 25.3. The molecule has 11 heteroatoms. The molecule has 0 saturated heterocycles. The van der Waals surface area contributed by atoms with Crippen molar-refractivity contribution in [2.45, 2.75) is 0 Å². The number of rotatable bonds is 7. The van der Waals surface area contributed by atoms with Crippen LogP contribution in [-0.2, 0) is 4.74 Å². The number of halogens is 1. The van der Waals surface area contributed by atoms with Gasteiger partial charge in [0.05, 0.1) is 34.4 Å². The fraction of sp³-hybridized carbons (Fsp3) is 0.0833. The number of Topliss-reactive ketones (excluding diaryl/α,β-unsaturated/α-hetero) is 1. The Balaban J connectivity index is 1.49. The van der Waals surface area contributed by atoms with E-state index in [1.165, 1.54) is 37.4 Å². The summed E-state index contributed by atoms with van der Waals surface area (Å²) in [5, 5.41) is 10.9. The van der Waals surface area contributed by atoms with E-state index in [-0.39, 0.29) is 27.3 Å². The van der Waals surface area contributed by atoms with Crippen LogP contribution in [0, 0.1) is 10.1 Å². The van der Waals surface area contributed by atoms with Crippen LogP contribution in [0.25, 0.3) is 0 Å². The maximum Gasteiger partial charge on any atom is 0.338 e. The first-order chi connectivity index (χ1) is 16.7. The van der Waals surface area contributed by atoms with Crippen molar-refractivity contribution >= 4 is 46.5 Å². The standard InChI is InChI=1S/C24H15ClN2O8/c1-34-16-6-4-15(5-7-16)26-22(29)17-8-2-14(10-18(17)23(26)30)24(31)35-12-21(28)13-3-9-19(25)20(11-13)27(32)33/h2-11H,12H2,1H3. The number of fused-ring (bicyclic) bond motifs is 1. The zero-order valence-corrected chi connectivity index (χ0v) is 18.8. The van der Waals surface area contributed by atoms with Gasteiger partial charge in [-0.3, -0.25) is 24.5 Å². The molecule has 0 N–H and O–H groups in total. The summed E-state index contributed by atoms with van der Waals surface area (Å²) in [5.74, 6) is -2.20. The number of benzene rings is 3. The lowest BCUT2D eigenvalue weighted by atomic mass is 10.1. The molecule has 2 amide bonds. The average Bonchev–Trinajstić information content (AvgIpc) is 3.11. The SMILES string of the molecule is COc1ccc(N2C(=O)c3ccc(C(=O)OCC(=O)c4ccc(Cl)c([N+](=O)[O-])c4)cc3C2=O)cc1. The first-order valence-corrected chi connectivity index (χ1v) is 10.4. The number of methoxy groups -OCH3 is 1. The van der Waals surface area contributed by atoms with E-state index in [0.717, 1.165) is 11.0 Å². The Kier molecular flexibility index (Phi) is 6.30. The molecule has 0 radical (unpaired) electrons. The second-order valence-electron chi connectivity index (χ2n) is 7.33. The highest BCUT2D eigenvalue weighted by atomic mass is 35.5. The molecular weight excluding hydrogens is 480 g/mol. The van der Waals surface area contributed by atoms with E-state index in [0.29, 0.717) is 11.4 Å². The van der Waals surface area contributed by atoms with Crippen LogP contribution in [0.4, 0.5) is 11.4 Å². The molecule has 176 valence electrons. The Hall–Kier alpha value is -4.57. The molecule has 0 fully saturated rings. The van der Waals surface area contributed by atoms with Gasteiger partial charge in [-0.05, 0) is 54.6 Å². The van der Waals surface area contributed by atoms with E-state index >= 15 is 0 Å².